The zero-order valence-corrected chi connectivity index (χ0v) is 18.4. The number of hydrogen-bond donors (Lipinski definition) is 1. The highest BCUT2D eigenvalue weighted by Gasteiger charge is 2.28. The van der Waals surface area contributed by atoms with Gasteiger partial charge in [-0.1, -0.05) is 12.5 Å². The minimum Gasteiger partial charge on any atom is -0.400 e. The van der Waals surface area contributed by atoms with E-state index in [0.29, 0.717) is 18.0 Å². The van der Waals surface area contributed by atoms with E-state index in [4.69, 9.17) is 14.8 Å². The highest BCUT2D eigenvalue weighted by molar-refractivity contribution is 5.82. The van der Waals surface area contributed by atoms with Crippen LogP contribution < -0.4 is 5.56 Å². The summed E-state index contributed by atoms with van der Waals surface area (Å²) >= 11 is 0. The number of fused-ring (bicyclic) bond motifs is 1. The number of aliphatic hydroxyl groups excluding tert-OH is 1. The van der Waals surface area contributed by atoms with Crippen molar-refractivity contribution in [3.8, 4) is 11.1 Å². The number of halogens is 3. The average Bonchev–Trinajstić information content (AvgIpc) is 3.05. The van der Waals surface area contributed by atoms with Gasteiger partial charge in [0.15, 0.2) is 0 Å². The van der Waals surface area contributed by atoms with E-state index in [1.165, 1.54) is 0 Å². The van der Waals surface area contributed by atoms with Gasteiger partial charge in [0.1, 0.15) is 12.4 Å². The zero-order valence-electron chi connectivity index (χ0n) is 18.4. The predicted octanol–water partition coefficient (Wildman–Crippen LogP) is 4.17. The molecule has 1 saturated carbocycles. The minimum absolute atomic E-state index is 0.0339. The van der Waals surface area contributed by atoms with Gasteiger partial charge in [0, 0.05) is 38.4 Å². The fraction of sp³-hybridized carbons (Fsp3) is 0.478. The van der Waals surface area contributed by atoms with Crippen LogP contribution in [0.25, 0.3) is 22.2 Å². The van der Waals surface area contributed by atoms with Gasteiger partial charge in [-0.15, -0.1) is 0 Å². The second-order valence-electron chi connectivity index (χ2n) is 7.95. The molecule has 2 aromatic heterocycles. The second kappa shape index (κ2) is 9.87. The maximum absolute atomic E-state index is 12.4. The largest absolute Gasteiger partial charge is 0.411 e. The van der Waals surface area contributed by atoms with Crippen LogP contribution in [-0.2, 0) is 18.3 Å². The van der Waals surface area contributed by atoms with E-state index in [1.807, 2.05) is 28.8 Å². The number of pyridine rings is 1. The standard InChI is InChI=1S/C22H24F3N3O2.CH4O/c1-14-10-17(12-27(2)21(14)29)16-6-7-18-19(11-16)28(8-9-30-13-22(23,24)25)20(26-18)15-4-3-5-15;1-2/h6-7,10-12,15H,3-5,8-9,13H2,1-2H3;2H,1H3. The van der Waals surface area contributed by atoms with Crippen LogP contribution in [0, 0.1) is 6.92 Å². The summed E-state index contributed by atoms with van der Waals surface area (Å²) < 4.78 is 45.6. The Morgan fingerprint density at radius 3 is 2.50 bits per heavy atom. The summed E-state index contributed by atoms with van der Waals surface area (Å²) in [6, 6.07) is 7.74. The van der Waals surface area contributed by atoms with Crippen LogP contribution in [-0.4, -0.2) is 45.7 Å². The fourth-order valence-corrected chi connectivity index (χ4v) is 3.91. The highest BCUT2D eigenvalue weighted by atomic mass is 19.4. The molecule has 6 nitrogen and oxygen atoms in total. The van der Waals surface area contributed by atoms with Crippen LogP contribution in [0.1, 0.15) is 36.6 Å². The molecule has 0 aliphatic heterocycles. The summed E-state index contributed by atoms with van der Waals surface area (Å²) in [6.45, 7) is 0.810. The summed E-state index contributed by atoms with van der Waals surface area (Å²) in [7, 11) is 2.72. The van der Waals surface area contributed by atoms with E-state index in [-0.39, 0.29) is 12.2 Å². The fourth-order valence-electron chi connectivity index (χ4n) is 3.91. The number of hydrogen-bond acceptors (Lipinski definition) is 4. The van der Waals surface area contributed by atoms with Crippen LogP contribution in [0.15, 0.2) is 35.3 Å². The number of nitrogens with zero attached hydrogens (tertiary/aromatic N) is 3. The van der Waals surface area contributed by atoms with Crippen molar-refractivity contribution in [2.24, 2.45) is 7.05 Å². The molecule has 2 heterocycles. The molecule has 1 aliphatic carbocycles. The van der Waals surface area contributed by atoms with E-state index in [0.717, 1.165) is 54.4 Å². The molecule has 0 amide bonds. The molecule has 32 heavy (non-hydrogen) atoms. The number of ether oxygens (including phenoxy) is 1. The van der Waals surface area contributed by atoms with Crippen LogP contribution in [0.5, 0.6) is 0 Å². The average molecular weight is 451 g/mol. The van der Waals surface area contributed by atoms with Crippen LogP contribution in [0.2, 0.25) is 0 Å². The third-order valence-corrected chi connectivity index (χ3v) is 5.67. The Morgan fingerprint density at radius 2 is 1.91 bits per heavy atom. The van der Waals surface area contributed by atoms with E-state index < -0.39 is 12.8 Å². The number of aliphatic hydroxyl groups is 1. The lowest BCUT2D eigenvalue weighted by atomic mass is 9.85. The van der Waals surface area contributed by atoms with Crippen LogP contribution in [0.3, 0.4) is 0 Å². The van der Waals surface area contributed by atoms with E-state index in [1.54, 1.807) is 24.7 Å². The lowest BCUT2D eigenvalue weighted by Crippen LogP contribution is -2.21. The lowest BCUT2D eigenvalue weighted by molar-refractivity contribution is -0.174. The maximum atomic E-state index is 12.4. The highest BCUT2D eigenvalue weighted by Crippen LogP contribution is 2.38. The van der Waals surface area contributed by atoms with E-state index in [2.05, 4.69) is 0 Å². The van der Waals surface area contributed by atoms with Crippen LogP contribution >= 0.6 is 0 Å². The van der Waals surface area contributed by atoms with Crippen molar-refractivity contribution >= 4 is 11.0 Å². The van der Waals surface area contributed by atoms with Gasteiger partial charge in [0.25, 0.3) is 5.56 Å². The van der Waals surface area contributed by atoms with Gasteiger partial charge >= 0.3 is 6.18 Å². The van der Waals surface area contributed by atoms with Gasteiger partial charge < -0.3 is 19.0 Å². The Hall–Kier alpha value is -2.65. The first-order chi connectivity index (χ1) is 15.2. The molecule has 0 atom stereocenters. The second-order valence-corrected chi connectivity index (χ2v) is 7.95. The van der Waals surface area contributed by atoms with Crippen molar-refractivity contribution in [3.05, 3.63) is 52.2 Å². The van der Waals surface area contributed by atoms with Crippen molar-refractivity contribution in [3.63, 3.8) is 0 Å². The molecule has 0 unspecified atom stereocenters. The minimum atomic E-state index is -4.33. The molecule has 1 N–H and O–H groups in total. The Balaban J connectivity index is 0.00000141. The number of alkyl halides is 3. The number of rotatable bonds is 6. The van der Waals surface area contributed by atoms with Crippen molar-refractivity contribution in [2.45, 2.75) is 44.8 Å². The molecule has 4 rings (SSSR count). The first kappa shape index (κ1) is 24.0. The number of imidazole rings is 1. The van der Waals surface area contributed by atoms with Crippen molar-refractivity contribution < 1.29 is 23.0 Å². The third-order valence-electron chi connectivity index (χ3n) is 5.67. The molecule has 0 spiro atoms. The Kier molecular flexibility index (Phi) is 7.40. The summed E-state index contributed by atoms with van der Waals surface area (Å²) in [4.78, 5) is 16.8. The monoisotopic (exact) mass is 451 g/mol. The molecular weight excluding hydrogens is 423 g/mol. The quantitative estimate of drug-likeness (QED) is 0.572. The Labute approximate surface area is 184 Å². The summed E-state index contributed by atoms with van der Waals surface area (Å²) in [5.74, 6) is 1.25. The van der Waals surface area contributed by atoms with Gasteiger partial charge in [-0.25, -0.2) is 4.98 Å². The van der Waals surface area contributed by atoms with Gasteiger partial charge in [0.2, 0.25) is 0 Å². The molecule has 1 aliphatic rings. The van der Waals surface area contributed by atoms with E-state index >= 15 is 0 Å². The zero-order chi connectivity index (χ0) is 23.5. The predicted molar refractivity (Wildman–Crippen MR) is 117 cm³/mol. The van der Waals surface area contributed by atoms with Gasteiger partial charge in [-0.05, 0) is 49.1 Å². The topological polar surface area (TPSA) is 69.3 Å². The van der Waals surface area contributed by atoms with Crippen molar-refractivity contribution in [1.29, 1.82) is 0 Å². The molecule has 3 aromatic rings. The first-order valence-corrected chi connectivity index (χ1v) is 10.5. The van der Waals surface area contributed by atoms with Crippen LogP contribution in [0.4, 0.5) is 13.2 Å². The molecule has 0 saturated heterocycles. The molecular formula is C23H28F3N3O3. The Morgan fingerprint density at radius 1 is 1.19 bits per heavy atom. The smallest absolute Gasteiger partial charge is 0.400 e. The molecule has 174 valence electrons. The van der Waals surface area contributed by atoms with Gasteiger partial charge in [-0.2, -0.15) is 13.2 Å². The number of benzene rings is 1. The molecule has 0 bridgehead atoms. The summed E-state index contributed by atoms with van der Waals surface area (Å²) in [5, 5.41) is 7.00. The molecule has 9 heteroatoms. The SMILES string of the molecule is CO.Cc1cc(-c2ccc3nc(C4CCC4)n(CCOCC(F)(F)F)c3c2)cn(C)c1=O. The molecule has 1 aromatic carbocycles. The summed E-state index contributed by atoms with van der Waals surface area (Å²) in [6.07, 6.45) is 0.679. The number of aryl methyl sites for hydroxylation is 2. The maximum Gasteiger partial charge on any atom is 0.411 e. The molecule has 0 radical (unpaired) electrons. The lowest BCUT2D eigenvalue weighted by Gasteiger charge is -2.25. The summed E-state index contributed by atoms with van der Waals surface area (Å²) in [5.41, 5.74) is 4.13. The normalized spacial score (nSPS) is 14.2. The first-order valence-electron chi connectivity index (χ1n) is 10.5. The number of aromatic nitrogens is 3. The van der Waals surface area contributed by atoms with Crippen molar-refractivity contribution in [1.82, 2.24) is 14.1 Å². The van der Waals surface area contributed by atoms with Gasteiger partial charge in [-0.3, -0.25) is 4.79 Å². The third kappa shape index (κ3) is 5.21. The Bertz CT molecular complexity index is 1100. The van der Waals surface area contributed by atoms with E-state index in [9.17, 15) is 18.0 Å². The van der Waals surface area contributed by atoms with Crippen molar-refractivity contribution in [2.75, 3.05) is 20.3 Å². The van der Waals surface area contributed by atoms with Gasteiger partial charge in [0.05, 0.1) is 17.6 Å². The molecule has 1 fully saturated rings.